The van der Waals surface area contributed by atoms with Crippen LogP contribution in [0.4, 0.5) is 4.79 Å². The highest BCUT2D eigenvalue weighted by Crippen LogP contribution is 2.25. The highest BCUT2D eigenvalue weighted by atomic mass is 16.6. The van der Waals surface area contributed by atoms with Gasteiger partial charge in [0.1, 0.15) is 42.1 Å². The summed E-state index contributed by atoms with van der Waals surface area (Å²) in [5, 5.41) is 37.1. The van der Waals surface area contributed by atoms with Crippen molar-refractivity contribution in [2.24, 2.45) is 11.5 Å². The number of carbonyl (C=O) groups excluding carboxylic acids is 3. The molecule has 2 heterocycles. The Labute approximate surface area is 255 Å². The number of ether oxygens (including phenoxy) is 2. The molecule has 1 aliphatic rings. The third kappa shape index (κ3) is 7.62. The number of nitrogens with one attached hydrogen (secondary N) is 2. The molecule has 44 heavy (non-hydrogen) atoms. The molecule has 4 rings (SSSR count). The number of aliphatic hydroxyl groups is 3. The van der Waals surface area contributed by atoms with E-state index >= 15 is 0 Å². The smallest absolute Gasteiger partial charge is 0.419 e. The Morgan fingerprint density at radius 2 is 1.64 bits per heavy atom. The lowest BCUT2D eigenvalue weighted by atomic mass is 9.91. The number of carbonyl (C=O) groups is 3. The van der Waals surface area contributed by atoms with E-state index in [2.05, 4.69) is 10.6 Å². The zero-order valence-electron chi connectivity index (χ0n) is 24.9. The van der Waals surface area contributed by atoms with Gasteiger partial charge in [0.05, 0.1) is 11.6 Å². The van der Waals surface area contributed by atoms with Gasteiger partial charge >= 0.3 is 6.09 Å². The maximum atomic E-state index is 13.6. The van der Waals surface area contributed by atoms with E-state index in [0.717, 1.165) is 10.9 Å². The lowest BCUT2D eigenvalue weighted by Crippen LogP contribution is -2.66. The Bertz CT molecular complexity index is 1450. The lowest BCUT2D eigenvalue weighted by molar-refractivity contribution is -0.223. The second-order valence-electron chi connectivity index (χ2n) is 11.9. The molecule has 0 bridgehead atoms. The van der Waals surface area contributed by atoms with Gasteiger partial charge in [-0.25, -0.2) is 9.36 Å². The van der Waals surface area contributed by atoms with E-state index in [4.69, 9.17) is 20.9 Å². The Morgan fingerprint density at radius 1 is 0.977 bits per heavy atom. The van der Waals surface area contributed by atoms with Crippen molar-refractivity contribution in [2.45, 2.75) is 81.9 Å². The van der Waals surface area contributed by atoms with Crippen LogP contribution >= 0.6 is 0 Å². The fourth-order valence-electron chi connectivity index (χ4n) is 5.10. The first kappa shape index (κ1) is 33.1. The molecule has 238 valence electrons. The zero-order chi connectivity index (χ0) is 32.2. The van der Waals surface area contributed by atoms with Crippen LogP contribution in [0.1, 0.15) is 32.0 Å². The number of aromatic nitrogens is 1. The standard InChI is InChI=1S/C31H41N5O8/c1-31(2,3)44-30(42)36-19(13-18-11-7-8-12-21(18)36)14-20(28(40)34-16-17-9-5-4-6-10-17)35-29(41)23(33)27-26(39)25(38)24(37)22(15-32)43-27/h4-13,20,22-27,37-39H,14-16,32-33H2,1-3H3,(H,34,40)(H,35,41)/t20-,22?,23+,24+,25?,26?,27-/m0/s1. The third-order valence-corrected chi connectivity index (χ3v) is 7.36. The molecule has 9 N–H and O–H groups in total. The van der Waals surface area contributed by atoms with E-state index in [1.54, 1.807) is 39.0 Å². The number of rotatable bonds is 9. The number of hydrogen-bond donors (Lipinski definition) is 7. The number of hydrogen-bond acceptors (Lipinski definition) is 10. The minimum Gasteiger partial charge on any atom is -0.443 e. The van der Waals surface area contributed by atoms with Crippen molar-refractivity contribution in [1.29, 1.82) is 0 Å². The molecule has 1 fully saturated rings. The molecular formula is C31H41N5O8. The van der Waals surface area contributed by atoms with Crippen LogP contribution < -0.4 is 22.1 Å². The van der Waals surface area contributed by atoms with Crippen molar-refractivity contribution in [2.75, 3.05) is 6.54 Å². The predicted octanol–water partition coefficient (Wildman–Crippen LogP) is -0.0957. The number of fused-ring (bicyclic) bond motifs is 1. The van der Waals surface area contributed by atoms with Gasteiger partial charge in [-0.3, -0.25) is 9.59 Å². The third-order valence-electron chi connectivity index (χ3n) is 7.36. The quantitative estimate of drug-likeness (QED) is 0.171. The molecule has 3 aromatic rings. The molecule has 2 aromatic carbocycles. The number of benzene rings is 2. The van der Waals surface area contributed by atoms with Gasteiger partial charge in [0, 0.05) is 30.6 Å². The van der Waals surface area contributed by atoms with Crippen LogP contribution in [0.5, 0.6) is 0 Å². The number of para-hydroxylation sites is 1. The van der Waals surface area contributed by atoms with E-state index < -0.39 is 66.1 Å². The van der Waals surface area contributed by atoms with Gasteiger partial charge in [-0.1, -0.05) is 48.5 Å². The molecule has 0 spiro atoms. The average Bonchev–Trinajstić information content (AvgIpc) is 3.36. The highest BCUT2D eigenvalue weighted by Gasteiger charge is 2.47. The SMILES string of the molecule is CC(C)(C)OC(=O)n1c(C[C@H](NC(=O)[C@H](N)[C@@H]2OC(CN)[C@@H](O)C(O)C2O)C(=O)NCc2ccccc2)cc2ccccc21. The average molecular weight is 612 g/mol. The topological polar surface area (TPSA) is 211 Å². The lowest BCUT2D eigenvalue weighted by Gasteiger charge is -2.42. The molecule has 0 aliphatic carbocycles. The molecule has 1 aliphatic heterocycles. The number of nitrogens with two attached hydrogens (primary N) is 2. The summed E-state index contributed by atoms with van der Waals surface area (Å²) in [6.07, 6.45) is -8.13. The molecular weight excluding hydrogens is 570 g/mol. The summed E-state index contributed by atoms with van der Waals surface area (Å²) >= 11 is 0. The summed E-state index contributed by atoms with van der Waals surface area (Å²) in [6, 6.07) is 15.3. The predicted molar refractivity (Wildman–Crippen MR) is 161 cm³/mol. The molecule has 1 saturated heterocycles. The fraction of sp³-hybridized carbons (Fsp3) is 0.452. The molecule has 2 amide bonds. The summed E-state index contributed by atoms with van der Waals surface area (Å²) in [6.45, 7) is 5.19. The second kappa shape index (κ2) is 13.8. The van der Waals surface area contributed by atoms with Crippen LogP contribution in [-0.4, -0.2) is 92.5 Å². The fourth-order valence-corrected chi connectivity index (χ4v) is 5.10. The van der Waals surface area contributed by atoms with Crippen molar-refractivity contribution < 1.29 is 39.2 Å². The zero-order valence-corrected chi connectivity index (χ0v) is 24.9. The van der Waals surface area contributed by atoms with E-state index in [0.29, 0.717) is 11.2 Å². The van der Waals surface area contributed by atoms with Gasteiger partial charge in [-0.2, -0.15) is 0 Å². The van der Waals surface area contributed by atoms with Crippen LogP contribution in [-0.2, 0) is 32.0 Å². The maximum Gasteiger partial charge on any atom is 0.419 e. The molecule has 7 atom stereocenters. The van der Waals surface area contributed by atoms with E-state index in [1.807, 2.05) is 42.5 Å². The van der Waals surface area contributed by atoms with Gasteiger partial charge in [0.25, 0.3) is 0 Å². The minimum absolute atomic E-state index is 0.131. The molecule has 0 radical (unpaired) electrons. The van der Waals surface area contributed by atoms with E-state index in [1.165, 1.54) is 4.57 Å². The Balaban J connectivity index is 1.63. The largest absolute Gasteiger partial charge is 0.443 e. The first-order valence-electron chi connectivity index (χ1n) is 14.4. The summed E-state index contributed by atoms with van der Waals surface area (Å²) < 4.78 is 12.6. The molecule has 13 heteroatoms. The second-order valence-corrected chi connectivity index (χ2v) is 11.9. The van der Waals surface area contributed by atoms with Crippen molar-refractivity contribution >= 4 is 28.8 Å². The van der Waals surface area contributed by atoms with Gasteiger partial charge < -0.3 is 46.9 Å². The van der Waals surface area contributed by atoms with Crippen LogP contribution in [0.2, 0.25) is 0 Å². The number of aliphatic hydroxyl groups excluding tert-OH is 3. The Hall–Kier alpha value is -3.85. The number of nitrogens with zero attached hydrogens (tertiary/aromatic N) is 1. The molecule has 0 saturated carbocycles. The molecule has 13 nitrogen and oxygen atoms in total. The van der Waals surface area contributed by atoms with Crippen molar-refractivity contribution in [3.8, 4) is 0 Å². The summed E-state index contributed by atoms with van der Waals surface area (Å²) in [5.41, 5.74) is 12.8. The minimum atomic E-state index is -1.70. The van der Waals surface area contributed by atoms with Crippen LogP contribution in [0.15, 0.2) is 60.7 Å². The number of amides is 2. The van der Waals surface area contributed by atoms with Gasteiger partial charge in [0.2, 0.25) is 11.8 Å². The van der Waals surface area contributed by atoms with Gasteiger partial charge in [-0.15, -0.1) is 0 Å². The van der Waals surface area contributed by atoms with E-state index in [9.17, 15) is 29.7 Å². The maximum absolute atomic E-state index is 13.6. The van der Waals surface area contributed by atoms with Crippen LogP contribution in [0.3, 0.4) is 0 Å². The van der Waals surface area contributed by atoms with Crippen molar-refractivity contribution in [3.63, 3.8) is 0 Å². The highest BCUT2D eigenvalue weighted by molar-refractivity contribution is 5.93. The van der Waals surface area contributed by atoms with Crippen LogP contribution in [0.25, 0.3) is 10.9 Å². The first-order chi connectivity index (χ1) is 20.8. The van der Waals surface area contributed by atoms with Gasteiger partial charge in [-0.05, 0) is 38.5 Å². The monoisotopic (exact) mass is 611 g/mol. The Morgan fingerprint density at radius 3 is 2.30 bits per heavy atom. The Kier molecular flexibility index (Phi) is 10.4. The first-order valence-corrected chi connectivity index (χ1v) is 14.4. The molecule has 1 aromatic heterocycles. The molecule has 3 unspecified atom stereocenters. The van der Waals surface area contributed by atoms with E-state index in [-0.39, 0.29) is 19.5 Å². The normalized spacial score (nSPS) is 23.5. The summed E-state index contributed by atoms with van der Waals surface area (Å²) in [4.78, 5) is 40.4. The van der Waals surface area contributed by atoms with Crippen molar-refractivity contribution in [1.82, 2.24) is 15.2 Å². The summed E-state index contributed by atoms with van der Waals surface area (Å²) in [5.74, 6) is -1.43. The summed E-state index contributed by atoms with van der Waals surface area (Å²) in [7, 11) is 0. The van der Waals surface area contributed by atoms with Crippen LogP contribution in [0, 0.1) is 0 Å². The van der Waals surface area contributed by atoms with Gasteiger partial charge in [0.15, 0.2) is 0 Å². The van der Waals surface area contributed by atoms with Crippen molar-refractivity contribution in [3.05, 3.63) is 71.9 Å².